The third-order valence-corrected chi connectivity index (χ3v) is 3.02. The molecule has 2 N–H and O–H groups in total. The van der Waals surface area contributed by atoms with Crippen LogP contribution in [0.25, 0.3) is 0 Å². The highest BCUT2D eigenvalue weighted by Gasteiger charge is 2.43. The van der Waals surface area contributed by atoms with Crippen molar-refractivity contribution in [3.8, 4) is 0 Å². The number of hydrogen-bond acceptors (Lipinski definition) is 2. The van der Waals surface area contributed by atoms with Crippen LogP contribution >= 0.6 is 0 Å². The zero-order valence-electron chi connectivity index (χ0n) is 7.13. The zero-order chi connectivity index (χ0) is 7.68. The number of fused-ring (bicyclic) bond motifs is 1. The predicted molar refractivity (Wildman–Crippen MR) is 46.4 cm³/mol. The monoisotopic (exact) mass is 154 g/mol. The number of nitrogens with two attached hydrogens (primary N) is 1. The highest BCUT2D eigenvalue weighted by atomic mass is 15.2. The Morgan fingerprint density at radius 3 is 3.18 bits per heavy atom. The fourth-order valence-electron chi connectivity index (χ4n) is 2.28. The standard InChI is InChI=1S/C9H18N2/c10-4-2-6-11-5-1-3-8-7-9(8)11/h8-9H,1-7,10H2. The number of hydrogen-bond donors (Lipinski definition) is 1. The molecule has 0 aromatic carbocycles. The summed E-state index contributed by atoms with van der Waals surface area (Å²) >= 11 is 0. The molecule has 2 fully saturated rings. The summed E-state index contributed by atoms with van der Waals surface area (Å²) < 4.78 is 0. The van der Waals surface area contributed by atoms with Gasteiger partial charge in [0.25, 0.3) is 0 Å². The van der Waals surface area contributed by atoms with Crippen molar-refractivity contribution in [1.82, 2.24) is 4.90 Å². The molecule has 1 saturated carbocycles. The lowest BCUT2D eigenvalue weighted by atomic mass is 10.1. The third kappa shape index (κ3) is 1.57. The number of rotatable bonds is 3. The first-order chi connectivity index (χ1) is 5.42. The molecular weight excluding hydrogens is 136 g/mol. The van der Waals surface area contributed by atoms with Crippen LogP contribution in [0.5, 0.6) is 0 Å². The van der Waals surface area contributed by atoms with E-state index in [1.165, 1.54) is 38.8 Å². The number of piperidine rings is 1. The van der Waals surface area contributed by atoms with Crippen molar-refractivity contribution in [3.63, 3.8) is 0 Å². The maximum absolute atomic E-state index is 5.48. The minimum Gasteiger partial charge on any atom is -0.330 e. The van der Waals surface area contributed by atoms with Gasteiger partial charge in [-0.2, -0.15) is 0 Å². The van der Waals surface area contributed by atoms with Gasteiger partial charge in [-0.15, -0.1) is 0 Å². The van der Waals surface area contributed by atoms with Gasteiger partial charge in [0.15, 0.2) is 0 Å². The molecule has 0 spiro atoms. The summed E-state index contributed by atoms with van der Waals surface area (Å²) in [5.41, 5.74) is 5.48. The fraction of sp³-hybridized carbons (Fsp3) is 1.00. The average Bonchev–Trinajstić information content (AvgIpc) is 2.79. The molecule has 2 unspecified atom stereocenters. The molecule has 1 aliphatic heterocycles. The van der Waals surface area contributed by atoms with E-state index in [2.05, 4.69) is 4.90 Å². The van der Waals surface area contributed by atoms with Gasteiger partial charge >= 0.3 is 0 Å². The van der Waals surface area contributed by atoms with Crippen molar-refractivity contribution in [3.05, 3.63) is 0 Å². The van der Waals surface area contributed by atoms with Crippen molar-refractivity contribution >= 4 is 0 Å². The van der Waals surface area contributed by atoms with E-state index in [9.17, 15) is 0 Å². The van der Waals surface area contributed by atoms with Gasteiger partial charge in [0.1, 0.15) is 0 Å². The van der Waals surface area contributed by atoms with Gasteiger partial charge in [-0.05, 0) is 51.2 Å². The van der Waals surface area contributed by atoms with E-state index in [0.717, 1.165) is 18.5 Å². The lowest BCUT2D eigenvalue weighted by Crippen LogP contribution is -2.33. The topological polar surface area (TPSA) is 29.3 Å². The molecule has 0 aromatic heterocycles. The summed E-state index contributed by atoms with van der Waals surface area (Å²) in [5.74, 6) is 1.07. The Bertz CT molecular complexity index is 136. The summed E-state index contributed by atoms with van der Waals surface area (Å²) in [6.45, 7) is 3.44. The molecule has 1 heterocycles. The van der Waals surface area contributed by atoms with Crippen LogP contribution in [0.4, 0.5) is 0 Å². The van der Waals surface area contributed by atoms with E-state index >= 15 is 0 Å². The molecule has 0 radical (unpaired) electrons. The van der Waals surface area contributed by atoms with Crippen LogP contribution in [-0.4, -0.2) is 30.6 Å². The van der Waals surface area contributed by atoms with Gasteiger partial charge in [-0.25, -0.2) is 0 Å². The Labute approximate surface area is 68.7 Å². The number of nitrogens with zero attached hydrogens (tertiary/aromatic N) is 1. The summed E-state index contributed by atoms with van der Waals surface area (Å²) in [4.78, 5) is 2.64. The molecule has 11 heavy (non-hydrogen) atoms. The Hall–Kier alpha value is -0.0800. The first kappa shape index (κ1) is 7.56. The normalized spacial score (nSPS) is 36.8. The van der Waals surface area contributed by atoms with Crippen molar-refractivity contribution in [2.75, 3.05) is 19.6 Å². The van der Waals surface area contributed by atoms with Crippen LogP contribution in [-0.2, 0) is 0 Å². The Morgan fingerprint density at radius 2 is 2.36 bits per heavy atom. The van der Waals surface area contributed by atoms with Crippen LogP contribution in [0.3, 0.4) is 0 Å². The van der Waals surface area contributed by atoms with Crippen molar-refractivity contribution in [1.29, 1.82) is 0 Å². The molecule has 0 amide bonds. The SMILES string of the molecule is NCCCN1CCCC2CC21. The van der Waals surface area contributed by atoms with Crippen LogP contribution < -0.4 is 5.73 Å². The first-order valence-electron chi connectivity index (χ1n) is 4.86. The van der Waals surface area contributed by atoms with E-state index in [4.69, 9.17) is 5.73 Å². The fourth-order valence-corrected chi connectivity index (χ4v) is 2.28. The van der Waals surface area contributed by atoms with Crippen LogP contribution in [0.2, 0.25) is 0 Å². The van der Waals surface area contributed by atoms with Crippen LogP contribution in [0.15, 0.2) is 0 Å². The summed E-state index contributed by atoms with van der Waals surface area (Å²) in [7, 11) is 0. The van der Waals surface area contributed by atoms with Crippen molar-refractivity contribution in [2.24, 2.45) is 11.7 Å². The maximum Gasteiger partial charge on any atom is 0.0127 e. The minimum atomic E-state index is 0.855. The summed E-state index contributed by atoms with van der Waals surface area (Å²) in [6.07, 6.45) is 5.57. The first-order valence-corrected chi connectivity index (χ1v) is 4.86. The van der Waals surface area contributed by atoms with E-state index in [0.29, 0.717) is 0 Å². The molecule has 1 saturated heterocycles. The molecule has 2 nitrogen and oxygen atoms in total. The number of likely N-dealkylation sites (tertiary alicyclic amines) is 1. The summed E-state index contributed by atoms with van der Waals surface area (Å²) in [6, 6.07) is 0.968. The molecule has 64 valence electrons. The molecule has 0 bridgehead atoms. The van der Waals surface area contributed by atoms with Gasteiger partial charge < -0.3 is 10.6 Å². The van der Waals surface area contributed by atoms with Gasteiger partial charge in [0.05, 0.1) is 0 Å². The van der Waals surface area contributed by atoms with Crippen molar-refractivity contribution < 1.29 is 0 Å². The van der Waals surface area contributed by atoms with Gasteiger partial charge in [0, 0.05) is 6.04 Å². The molecule has 2 aliphatic rings. The quantitative estimate of drug-likeness (QED) is 0.652. The Kier molecular flexibility index (Phi) is 2.14. The molecule has 2 atom stereocenters. The summed E-state index contributed by atoms with van der Waals surface area (Å²) in [5, 5.41) is 0. The van der Waals surface area contributed by atoms with Crippen molar-refractivity contribution in [2.45, 2.75) is 31.7 Å². The van der Waals surface area contributed by atoms with Gasteiger partial charge in [-0.3, -0.25) is 0 Å². The van der Waals surface area contributed by atoms with E-state index < -0.39 is 0 Å². The molecule has 0 aromatic rings. The van der Waals surface area contributed by atoms with E-state index in [-0.39, 0.29) is 0 Å². The highest BCUT2D eigenvalue weighted by molar-refractivity contribution is 4.97. The molecular formula is C9H18N2. The molecule has 2 heteroatoms. The maximum atomic E-state index is 5.48. The third-order valence-electron chi connectivity index (χ3n) is 3.02. The average molecular weight is 154 g/mol. The van der Waals surface area contributed by atoms with Gasteiger partial charge in [-0.1, -0.05) is 0 Å². The smallest absolute Gasteiger partial charge is 0.0127 e. The minimum absolute atomic E-state index is 0.855. The second-order valence-electron chi connectivity index (χ2n) is 3.88. The lowest BCUT2D eigenvalue weighted by molar-refractivity contribution is 0.214. The Morgan fingerprint density at radius 1 is 1.45 bits per heavy atom. The van der Waals surface area contributed by atoms with Crippen LogP contribution in [0.1, 0.15) is 25.7 Å². The molecule has 2 rings (SSSR count). The zero-order valence-corrected chi connectivity index (χ0v) is 7.13. The Balaban J connectivity index is 1.75. The second-order valence-corrected chi connectivity index (χ2v) is 3.88. The van der Waals surface area contributed by atoms with E-state index in [1.54, 1.807) is 0 Å². The predicted octanol–water partition coefficient (Wildman–Crippen LogP) is 0.819. The molecule has 1 aliphatic carbocycles. The lowest BCUT2D eigenvalue weighted by Gasteiger charge is -2.25. The largest absolute Gasteiger partial charge is 0.330 e. The van der Waals surface area contributed by atoms with E-state index in [1.807, 2.05) is 0 Å². The van der Waals surface area contributed by atoms with Gasteiger partial charge in [0.2, 0.25) is 0 Å². The highest BCUT2D eigenvalue weighted by Crippen LogP contribution is 2.42. The van der Waals surface area contributed by atoms with Crippen LogP contribution in [0, 0.1) is 5.92 Å². The second kappa shape index (κ2) is 3.11.